The molecule has 3 aromatic rings. The highest BCUT2D eigenvalue weighted by molar-refractivity contribution is 6.41. The number of hydrogen-bond acceptors (Lipinski definition) is 5. The molecule has 0 aliphatic carbocycles. The molecule has 8 heterocycles. The number of halogens is 2. The van der Waals surface area contributed by atoms with Crippen molar-refractivity contribution in [3.05, 3.63) is 184 Å². The lowest BCUT2D eigenvalue weighted by atomic mass is 9.87. The number of fused-ring (bicyclic) bond motifs is 6. The van der Waals surface area contributed by atoms with Crippen LogP contribution in [0.1, 0.15) is 17.0 Å². The van der Waals surface area contributed by atoms with Crippen molar-refractivity contribution in [2.24, 2.45) is 9.98 Å². The second kappa shape index (κ2) is 12.9. The van der Waals surface area contributed by atoms with Gasteiger partial charge in [0.05, 0.1) is 17.1 Å². The molecule has 53 heavy (non-hydrogen) atoms. The number of nitrogens with one attached hydrogen (secondary N) is 2. The van der Waals surface area contributed by atoms with Gasteiger partial charge in [0.25, 0.3) is 0 Å². The number of aromatic nitrogens is 2. The summed E-state index contributed by atoms with van der Waals surface area (Å²) in [5.74, 6) is 0. The molecule has 2 atom stereocenters. The number of allylic oxidation sites excluding steroid dienone is 10. The van der Waals surface area contributed by atoms with Gasteiger partial charge in [-0.1, -0.05) is 60.2 Å². The number of hydrogen-bond donors (Lipinski definition) is 2. The Morgan fingerprint density at radius 3 is 1.77 bits per heavy atom. The zero-order valence-corrected chi connectivity index (χ0v) is 31.3. The van der Waals surface area contributed by atoms with Gasteiger partial charge in [-0.05, 0) is 108 Å². The summed E-state index contributed by atoms with van der Waals surface area (Å²) in [7, 11) is 6.22. The van der Waals surface area contributed by atoms with E-state index in [1.165, 1.54) is 0 Å². The standard InChI is InChI=1S/C44H39Cl2N7/c1-51-23-16-29(17-24-51)40-33-9-10-35(47-33)41(30-18-25-52(2)26-19-30)37-13-14-39(49-37)44(46,32-7-5-4-6-8-32)43(45)22-15-38(50-43)42(36-12-11-34(40)48-36)31-20-27-53(3)28-21-31/h4-23,25,27,48-49H,24,26,28H2,1-3H3. The number of H-pyrrole nitrogens is 2. The zero-order valence-electron chi connectivity index (χ0n) is 29.8. The number of likely N-dealkylation sites (N-methyl/N-ethyl adjacent to an activating group) is 3. The SMILES string of the molecule is CN1C=CC(C2=C3C=CC(=N3)C(C3=CCN(C)C=C3)=c3ccc([nH]3)=C(C3=CCN(C)C=C3)C3=NC(Cl)(C=C3)C(Cl)(c3ccccc3)c3ccc2[nH]3)=CC1. The number of nitrogens with zero attached hydrogens (tertiary/aromatic N) is 5. The van der Waals surface area contributed by atoms with E-state index in [0.717, 1.165) is 97.8 Å². The van der Waals surface area contributed by atoms with Crippen molar-refractivity contribution in [3.63, 3.8) is 0 Å². The molecule has 264 valence electrons. The van der Waals surface area contributed by atoms with Crippen molar-refractivity contribution >= 4 is 51.3 Å². The average Bonchev–Trinajstić information content (AvgIpc) is 4.01. The van der Waals surface area contributed by atoms with Gasteiger partial charge in [-0.2, -0.15) is 0 Å². The van der Waals surface area contributed by atoms with Gasteiger partial charge < -0.3 is 24.7 Å². The third kappa shape index (κ3) is 5.66. The van der Waals surface area contributed by atoms with Crippen LogP contribution in [-0.4, -0.2) is 81.9 Å². The molecule has 8 bridgehead atoms. The minimum Gasteiger partial charge on any atom is -0.377 e. The van der Waals surface area contributed by atoms with E-state index in [2.05, 4.69) is 131 Å². The Balaban J connectivity index is 1.38. The predicted molar refractivity (Wildman–Crippen MR) is 219 cm³/mol. The first-order valence-corrected chi connectivity index (χ1v) is 18.6. The minimum atomic E-state index is -1.37. The van der Waals surface area contributed by atoms with Gasteiger partial charge in [0, 0.05) is 79.6 Å². The molecule has 2 N–H and O–H groups in total. The van der Waals surface area contributed by atoms with Crippen LogP contribution in [0.5, 0.6) is 0 Å². The van der Waals surface area contributed by atoms with Gasteiger partial charge in [0.2, 0.25) is 0 Å². The van der Waals surface area contributed by atoms with Crippen molar-refractivity contribution in [2.45, 2.75) is 9.87 Å². The van der Waals surface area contributed by atoms with Crippen LogP contribution in [0, 0.1) is 0 Å². The van der Waals surface area contributed by atoms with Crippen molar-refractivity contribution in [1.29, 1.82) is 0 Å². The monoisotopic (exact) mass is 735 g/mol. The fourth-order valence-corrected chi connectivity index (χ4v) is 8.38. The normalized spacial score (nSPS) is 24.9. The molecule has 2 unspecified atom stereocenters. The summed E-state index contributed by atoms with van der Waals surface area (Å²) in [5, 5.41) is 1.89. The molecule has 0 amide bonds. The molecule has 0 saturated heterocycles. The molecule has 9 heteroatoms. The van der Waals surface area contributed by atoms with Crippen LogP contribution in [0.4, 0.5) is 0 Å². The first kappa shape index (κ1) is 33.3. The second-order valence-electron chi connectivity index (χ2n) is 14.2. The molecular formula is C44H39Cl2N7. The van der Waals surface area contributed by atoms with E-state index in [1.807, 2.05) is 48.6 Å². The molecular weight excluding hydrogens is 697 g/mol. The number of aliphatic imine (C=N–C) groups is 2. The van der Waals surface area contributed by atoms with Crippen LogP contribution in [0.25, 0.3) is 16.7 Å². The fraction of sp³-hybridized carbons (Fsp3) is 0.182. The number of benzene rings is 1. The van der Waals surface area contributed by atoms with Crippen molar-refractivity contribution in [2.75, 3.05) is 40.8 Å². The van der Waals surface area contributed by atoms with Crippen molar-refractivity contribution in [1.82, 2.24) is 24.7 Å². The van der Waals surface area contributed by atoms with E-state index >= 15 is 0 Å². The summed E-state index contributed by atoms with van der Waals surface area (Å²) in [6, 6.07) is 18.4. The second-order valence-corrected chi connectivity index (χ2v) is 15.3. The summed E-state index contributed by atoms with van der Waals surface area (Å²) in [5.41, 5.74) is 11.1. The minimum absolute atomic E-state index is 0.731. The zero-order chi connectivity index (χ0) is 36.3. The van der Waals surface area contributed by atoms with Crippen LogP contribution in [0.2, 0.25) is 0 Å². The number of rotatable bonds is 4. The van der Waals surface area contributed by atoms with Crippen LogP contribution < -0.4 is 10.7 Å². The van der Waals surface area contributed by atoms with Gasteiger partial charge in [-0.15, -0.1) is 11.6 Å². The Hall–Kier alpha value is -5.50. The Labute approximate surface area is 319 Å². The summed E-state index contributed by atoms with van der Waals surface area (Å²) in [6.07, 6.45) is 27.7. The highest BCUT2D eigenvalue weighted by Gasteiger charge is 2.53. The van der Waals surface area contributed by atoms with E-state index in [-0.39, 0.29) is 0 Å². The average molecular weight is 737 g/mol. The summed E-state index contributed by atoms with van der Waals surface area (Å²) in [4.78, 5) is 22.1. The Bertz CT molecular complexity index is 2510. The quantitative estimate of drug-likeness (QED) is 0.233. The summed E-state index contributed by atoms with van der Waals surface area (Å²) >= 11 is 15.8. The predicted octanol–water partition coefficient (Wildman–Crippen LogP) is 6.66. The van der Waals surface area contributed by atoms with Gasteiger partial charge >= 0.3 is 0 Å². The lowest BCUT2D eigenvalue weighted by Crippen LogP contribution is -2.41. The Kier molecular flexibility index (Phi) is 8.09. The smallest absolute Gasteiger partial charge is 0.181 e. The van der Waals surface area contributed by atoms with Crippen LogP contribution in [-0.2, 0) is 4.87 Å². The van der Waals surface area contributed by atoms with Gasteiger partial charge in [0.15, 0.2) is 9.87 Å². The van der Waals surface area contributed by atoms with E-state index < -0.39 is 9.87 Å². The molecule has 0 spiro atoms. The summed E-state index contributed by atoms with van der Waals surface area (Å²) < 4.78 is 0. The van der Waals surface area contributed by atoms with Crippen molar-refractivity contribution < 1.29 is 0 Å². The maximum absolute atomic E-state index is 7.98. The van der Waals surface area contributed by atoms with Gasteiger partial charge in [-0.25, -0.2) is 4.99 Å². The molecule has 2 aromatic heterocycles. The highest BCUT2D eigenvalue weighted by Crippen LogP contribution is 2.53. The molecule has 0 fully saturated rings. The molecule has 6 aliphatic heterocycles. The van der Waals surface area contributed by atoms with E-state index in [9.17, 15) is 0 Å². The Morgan fingerprint density at radius 2 is 1.19 bits per heavy atom. The molecule has 9 rings (SSSR count). The van der Waals surface area contributed by atoms with Crippen LogP contribution in [0.15, 0.2) is 166 Å². The first-order valence-electron chi connectivity index (χ1n) is 17.8. The maximum Gasteiger partial charge on any atom is 0.181 e. The lowest BCUT2D eigenvalue weighted by Gasteiger charge is -2.37. The number of alkyl halides is 2. The topological polar surface area (TPSA) is 66.0 Å². The van der Waals surface area contributed by atoms with Crippen LogP contribution in [0.3, 0.4) is 0 Å². The molecule has 1 aromatic carbocycles. The Morgan fingerprint density at radius 1 is 0.604 bits per heavy atom. The largest absolute Gasteiger partial charge is 0.377 e. The third-order valence-electron chi connectivity index (χ3n) is 10.5. The van der Waals surface area contributed by atoms with E-state index in [0.29, 0.717) is 0 Å². The first-order chi connectivity index (χ1) is 25.7. The van der Waals surface area contributed by atoms with E-state index in [1.54, 1.807) is 0 Å². The lowest BCUT2D eigenvalue weighted by molar-refractivity contribution is 0.503. The highest BCUT2D eigenvalue weighted by atomic mass is 35.5. The summed E-state index contributed by atoms with van der Waals surface area (Å²) in [6.45, 7) is 2.35. The fourth-order valence-electron chi connectivity index (χ4n) is 7.67. The van der Waals surface area contributed by atoms with Gasteiger partial charge in [0.1, 0.15) is 0 Å². The third-order valence-corrected chi connectivity index (χ3v) is 11.8. The van der Waals surface area contributed by atoms with Gasteiger partial charge in [-0.3, -0.25) is 4.99 Å². The van der Waals surface area contributed by atoms with Crippen molar-refractivity contribution in [3.8, 4) is 0 Å². The molecule has 0 saturated carbocycles. The molecule has 6 aliphatic rings. The van der Waals surface area contributed by atoms with E-state index in [4.69, 9.17) is 33.2 Å². The molecule has 7 nitrogen and oxygen atoms in total. The molecule has 0 radical (unpaired) electrons. The van der Waals surface area contributed by atoms with Crippen LogP contribution >= 0.6 is 23.2 Å². The number of aromatic amines is 2. The maximum atomic E-state index is 7.98.